The van der Waals surface area contributed by atoms with Gasteiger partial charge in [-0.3, -0.25) is 0 Å². The Bertz CT molecular complexity index is 1380. The number of halogens is 2. The first kappa shape index (κ1) is 24.3. The first-order valence-electron chi connectivity index (χ1n) is 11.3. The Hall–Kier alpha value is -3.82. The van der Waals surface area contributed by atoms with E-state index in [9.17, 15) is 5.26 Å². The number of nitrogens with zero attached hydrogens (tertiary/aromatic N) is 3. The fourth-order valence-electron chi connectivity index (χ4n) is 3.76. The van der Waals surface area contributed by atoms with E-state index in [2.05, 4.69) is 6.07 Å². The van der Waals surface area contributed by atoms with E-state index in [0.717, 1.165) is 16.6 Å². The van der Waals surface area contributed by atoms with Crippen LogP contribution in [0.4, 0.5) is 15.9 Å². The van der Waals surface area contributed by atoms with Crippen LogP contribution in [0.3, 0.4) is 0 Å². The summed E-state index contributed by atoms with van der Waals surface area (Å²) in [4.78, 5) is 6.70. The Labute approximate surface area is 209 Å². The molecule has 0 radical (unpaired) electrons. The van der Waals surface area contributed by atoms with Crippen LogP contribution in [0.1, 0.15) is 31.9 Å². The highest BCUT2D eigenvalue weighted by molar-refractivity contribution is 6.31. The van der Waals surface area contributed by atoms with Gasteiger partial charge < -0.3 is 14.4 Å². The largest absolute Gasteiger partial charge is 0.494 e. The number of anilines is 2. The van der Waals surface area contributed by atoms with Crippen LogP contribution in [-0.4, -0.2) is 17.7 Å². The summed E-state index contributed by atoms with van der Waals surface area (Å²) in [7, 11) is 0. The molecule has 4 aromatic rings. The lowest BCUT2D eigenvalue weighted by Crippen LogP contribution is -2.19. The highest BCUT2D eigenvalue weighted by Crippen LogP contribution is 2.34. The molecular weight excluding hydrogens is 465 g/mol. The number of hydrogen-bond acceptors (Lipinski definition) is 5. The smallest absolute Gasteiger partial charge is 0.170 e. The van der Waals surface area contributed by atoms with Gasteiger partial charge in [0.05, 0.1) is 36.4 Å². The van der Waals surface area contributed by atoms with E-state index in [1.165, 1.54) is 0 Å². The molecule has 0 bridgehead atoms. The van der Waals surface area contributed by atoms with Crippen molar-refractivity contribution >= 4 is 34.0 Å². The van der Waals surface area contributed by atoms with Gasteiger partial charge in [0, 0.05) is 27.7 Å². The van der Waals surface area contributed by atoms with E-state index in [1.54, 1.807) is 30.3 Å². The van der Waals surface area contributed by atoms with Crippen LogP contribution in [0.5, 0.6) is 11.5 Å². The summed E-state index contributed by atoms with van der Waals surface area (Å²) in [6.07, 6.45) is -0.196. The minimum Gasteiger partial charge on any atom is -0.494 e. The molecule has 0 aliphatic rings. The van der Waals surface area contributed by atoms with Gasteiger partial charge in [0.2, 0.25) is 0 Å². The standard InChI is InChI=1S/C28H25ClFN3O2/c1-4-34-24-14-21(28(30)26(15-24)35-18(2)3)17-33(23-9-5-19(16-31)6-10-23)27-12-7-20-13-22(29)8-11-25(20)32-27/h5-15,18H,4,17H2,1-3H3. The molecule has 3 aromatic carbocycles. The summed E-state index contributed by atoms with van der Waals surface area (Å²) in [5, 5.41) is 10.7. The third-order valence-electron chi connectivity index (χ3n) is 5.31. The maximum Gasteiger partial charge on any atom is 0.170 e. The molecule has 1 heterocycles. The van der Waals surface area contributed by atoms with Gasteiger partial charge in [-0.2, -0.15) is 5.26 Å². The van der Waals surface area contributed by atoms with Gasteiger partial charge in [-0.25, -0.2) is 9.37 Å². The van der Waals surface area contributed by atoms with Gasteiger partial charge in [0.25, 0.3) is 0 Å². The van der Waals surface area contributed by atoms with Crippen molar-refractivity contribution in [2.75, 3.05) is 11.5 Å². The Kier molecular flexibility index (Phi) is 7.38. The summed E-state index contributed by atoms with van der Waals surface area (Å²) in [5.41, 5.74) is 2.45. The molecule has 35 heavy (non-hydrogen) atoms. The molecule has 0 unspecified atom stereocenters. The second-order valence-corrected chi connectivity index (χ2v) is 8.68. The molecule has 0 aliphatic heterocycles. The number of hydrogen-bond donors (Lipinski definition) is 0. The molecule has 0 atom stereocenters. The molecule has 178 valence electrons. The van der Waals surface area contributed by atoms with Crippen molar-refractivity contribution in [3.8, 4) is 17.6 Å². The van der Waals surface area contributed by atoms with Crippen LogP contribution in [0.15, 0.2) is 66.7 Å². The van der Waals surface area contributed by atoms with Gasteiger partial charge in [-0.1, -0.05) is 11.6 Å². The van der Waals surface area contributed by atoms with Crippen LogP contribution in [-0.2, 0) is 6.54 Å². The monoisotopic (exact) mass is 489 g/mol. The minimum absolute atomic E-state index is 0.141. The van der Waals surface area contributed by atoms with E-state index in [4.69, 9.17) is 26.1 Å². The summed E-state index contributed by atoms with van der Waals surface area (Å²) in [6.45, 7) is 6.18. The van der Waals surface area contributed by atoms with Crippen molar-refractivity contribution in [1.29, 1.82) is 5.26 Å². The van der Waals surface area contributed by atoms with Crippen LogP contribution in [0, 0.1) is 17.1 Å². The van der Waals surface area contributed by atoms with E-state index in [-0.39, 0.29) is 18.4 Å². The predicted octanol–water partition coefficient (Wildman–Crippen LogP) is 7.42. The molecule has 5 nitrogen and oxygen atoms in total. The maximum atomic E-state index is 15.6. The van der Waals surface area contributed by atoms with E-state index >= 15 is 4.39 Å². The van der Waals surface area contributed by atoms with Gasteiger partial charge in [-0.05, 0) is 81.4 Å². The average molecular weight is 490 g/mol. The predicted molar refractivity (Wildman–Crippen MR) is 137 cm³/mol. The Morgan fingerprint density at radius 3 is 2.51 bits per heavy atom. The normalized spacial score (nSPS) is 10.9. The molecule has 0 spiro atoms. The molecule has 0 saturated heterocycles. The number of ether oxygens (including phenoxy) is 2. The maximum absolute atomic E-state index is 15.6. The number of aromatic nitrogens is 1. The second-order valence-electron chi connectivity index (χ2n) is 8.25. The molecule has 0 aliphatic carbocycles. The van der Waals surface area contributed by atoms with Crippen molar-refractivity contribution < 1.29 is 13.9 Å². The van der Waals surface area contributed by atoms with Gasteiger partial charge in [0.15, 0.2) is 11.6 Å². The SMILES string of the molecule is CCOc1cc(CN(c2ccc(C#N)cc2)c2ccc3cc(Cl)ccc3n2)c(F)c(OC(C)C)c1. The van der Waals surface area contributed by atoms with Crippen molar-refractivity contribution in [1.82, 2.24) is 4.98 Å². The van der Waals surface area contributed by atoms with Gasteiger partial charge in [-0.15, -0.1) is 0 Å². The van der Waals surface area contributed by atoms with E-state index in [1.807, 2.05) is 62.1 Å². The lowest BCUT2D eigenvalue weighted by Gasteiger charge is -2.25. The van der Waals surface area contributed by atoms with Crippen LogP contribution in [0.2, 0.25) is 5.02 Å². The molecule has 0 amide bonds. The molecule has 7 heteroatoms. The third kappa shape index (κ3) is 5.64. The number of rotatable bonds is 8. The second kappa shape index (κ2) is 10.6. The molecule has 4 rings (SSSR count). The number of nitriles is 1. The molecule has 0 fully saturated rings. The Balaban J connectivity index is 1.82. The lowest BCUT2D eigenvalue weighted by molar-refractivity contribution is 0.228. The molecule has 0 saturated carbocycles. The van der Waals surface area contributed by atoms with Crippen LogP contribution >= 0.6 is 11.6 Å². The number of benzene rings is 3. The quantitative estimate of drug-likeness (QED) is 0.257. The number of fused-ring (bicyclic) bond motifs is 1. The summed E-state index contributed by atoms with van der Waals surface area (Å²) in [5.74, 6) is 0.840. The summed E-state index contributed by atoms with van der Waals surface area (Å²) in [6, 6.07) is 21.8. The zero-order valence-corrected chi connectivity index (χ0v) is 20.5. The summed E-state index contributed by atoms with van der Waals surface area (Å²) < 4.78 is 27.0. The first-order valence-corrected chi connectivity index (χ1v) is 11.7. The highest BCUT2D eigenvalue weighted by atomic mass is 35.5. The average Bonchev–Trinajstić information content (AvgIpc) is 2.84. The lowest BCUT2D eigenvalue weighted by atomic mass is 10.1. The van der Waals surface area contributed by atoms with Gasteiger partial charge in [0.1, 0.15) is 11.6 Å². The Morgan fingerprint density at radius 2 is 1.83 bits per heavy atom. The molecule has 1 aromatic heterocycles. The van der Waals surface area contributed by atoms with Crippen molar-refractivity contribution in [3.05, 3.63) is 88.7 Å². The Morgan fingerprint density at radius 1 is 1.06 bits per heavy atom. The van der Waals surface area contributed by atoms with Crippen LogP contribution in [0.25, 0.3) is 10.9 Å². The van der Waals surface area contributed by atoms with Crippen molar-refractivity contribution in [3.63, 3.8) is 0 Å². The molecule has 0 N–H and O–H groups in total. The van der Waals surface area contributed by atoms with Crippen molar-refractivity contribution in [2.45, 2.75) is 33.4 Å². The van der Waals surface area contributed by atoms with E-state index in [0.29, 0.717) is 34.3 Å². The topological polar surface area (TPSA) is 58.4 Å². The van der Waals surface area contributed by atoms with Crippen LogP contribution < -0.4 is 14.4 Å². The van der Waals surface area contributed by atoms with E-state index < -0.39 is 5.82 Å². The highest BCUT2D eigenvalue weighted by Gasteiger charge is 2.19. The fraction of sp³-hybridized carbons (Fsp3) is 0.214. The minimum atomic E-state index is -0.451. The third-order valence-corrected chi connectivity index (χ3v) is 5.55. The van der Waals surface area contributed by atoms with Crippen molar-refractivity contribution in [2.24, 2.45) is 0 Å². The fourth-order valence-corrected chi connectivity index (χ4v) is 3.94. The summed E-state index contributed by atoms with van der Waals surface area (Å²) >= 11 is 6.13. The first-order chi connectivity index (χ1) is 16.9. The number of pyridine rings is 1. The molecular formula is C28H25ClFN3O2. The van der Waals surface area contributed by atoms with Gasteiger partial charge >= 0.3 is 0 Å². The zero-order chi connectivity index (χ0) is 24.9. The zero-order valence-electron chi connectivity index (χ0n) is 19.8.